The molecule has 3 unspecified atom stereocenters. The molecule has 3 atom stereocenters. The number of hydrogen-bond donors (Lipinski definition) is 1. The molecule has 35 heavy (non-hydrogen) atoms. The summed E-state index contributed by atoms with van der Waals surface area (Å²) >= 11 is 0. The molecule has 5 rings (SSSR count). The number of carbonyl (C=O) groups excluding carboxylic acids is 2. The van der Waals surface area contributed by atoms with Crippen molar-refractivity contribution in [2.45, 2.75) is 44.7 Å². The molecule has 3 aromatic rings. The van der Waals surface area contributed by atoms with Crippen molar-refractivity contribution in [3.05, 3.63) is 60.0 Å². The molecule has 9 nitrogen and oxygen atoms in total. The topological polar surface area (TPSA) is 107 Å². The zero-order valence-electron chi connectivity index (χ0n) is 19.8. The van der Waals surface area contributed by atoms with Gasteiger partial charge in [0.1, 0.15) is 0 Å². The Kier molecular flexibility index (Phi) is 6.39. The molecule has 0 spiro atoms. The maximum atomic E-state index is 13.1. The van der Waals surface area contributed by atoms with Crippen LogP contribution in [0.3, 0.4) is 0 Å². The van der Waals surface area contributed by atoms with Gasteiger partial charge in [0.2, 0.25) is 17.6 Å². The lowest BCUT2D eigenvalue weighted by Gasteiger charge is -2.41. The molecule has 9 heteroatoms. The van der Waals surface area contributed by atoms with Crippen molar-refractivity contribution in [2.24, 2.45) is 5.92 Å². The standard InChI is InChI=1S/C26H28N4O5/c1-3-34-21-12-10-17(14-22(21)33-2)23-28-24(35-29-23)18-9-11-19-20(13-18)27-26(32)30(25(19)31)15-16-7-5-4-6-8-16/h4-8,10,12,14,18-20H,3,9,11,13,15H2,1-2H3,(H,27,32). The molecule has 1 saturated heterocycles. The first-order valence-electron chi connectivity index (χ1n) is 11.9. The van der Waals surface area contributed by atoms with Gasteiger partial charge in [-0.05, 0) is 49.9 Å². The molecule has 1 aliphatic carbocycles. The van der Waals surface area contributed by atoms with Crippen LogP contribution < -0.4 is 14.8 Å². The highest BCUT2D eigenvalue weighted by Crippen LogP contribution is 2.39. The molecule has 1 aromatic heterocycles. The SMILES string of the molecule is CCOc1ccc(-c2noc(C3CCC4C(=O)N(Cc5ccccc5)C(=O)NC4C3)n2)cc1OC. The number of rotatable bonds is 7. The zero-order valence-corrected chi connectivity index (χ0v) is 19.8. The summed E-state index contributed by atoms with van der Waals surface area (Å²) in [5, 5.41) is 7.20. The summed E-state index contributed by atoms with van der Waals surface area (Å²) in [6.45, 7) is 2.72. The molecule has 1 aliphatic heterocycles. The van der Waals surface area contributed by atoms with E-state index in [-0.39, 0.29) is 36.4 Å². The van der Waals surface area contributed by atoms with Gasteiger partial charge < -0.3 is 19.3 Å². The Balaban J connectivity index is 1.28. The van der Waals surface area contributed by atoms with Crippen molar-refractivity contribution in [3.63, 3.8) is 0 Å². The summed E-state index contributed by atoms with van der Waals surface area (Å²) in [4.78, 5) is 31.8. The lowest BCUT2D eigenvalue weighted by atomic mass is 9.76. The van der Waals surface area contributed by atoms with Crippen molar-refractivity contribution < 1.29 is 23.6 Å². The average molecular weight is 477 g/mol. The minimum Gasteiger partial charge on any atom is -0.493 e. The van der Waals surface area contributed by atoms with Gasteiger partial charge in [0.15, 0.2) is 11.5 Å². The van der Waals surface area contributed by atoms with E-state index in [1.54, 1.807) is 7.11 Å². The number of hydrogen-bond acceptors (Lipinski definition) is 7. The molecule has 3 amide bonds. The van der Waals surface area contributed by atoms with Crippen LogP contribution in [0.2, 0.25) is 0 Å². The Hall–Kier alpha value is -3.88. The van der Waals surface area contributed by atoms with Gasteiger partial charge in [-0.1, -0.05) is 35.5 Å². The van der Waals surface area contributed by atoms with Crippen LogP contribution in [-0.4, -0.2) is 46.7 Å². The second kappa shape index (κ2) is 9.77. The highest BCUT2D eigenvalue weighted by atomic mass is 16.5. The summed E-state index contributed by atoms with van der Waals surface area (Å²) < 4.78 is 16.6. The number of nitrogens with zero attached hydrogens (tertiary/aromatic N) is 3. The van der Waals surface area contributed by atoms with Crippen LogP contribution >= 0.6 is 0 Å². The molecule has 182 valence electrons. The summed E-state index contributed by atoms with van der Waals surface area (Å²) in [5.74, 6) is 1.83. The molecule has 2 fully saturated rings. The van der Waals surface area contributed by atoms with E-state index >= 15 is 0 Å². The smallest absolute Gasteiger partial charge is 0.324 e. The van der Waals surface area contributed by atoms with Crippen LogP contribution in [0.5, 0.6) is 11.5 Å². The predicted octanol–water partition coefficient (Wildman–Crippen LogP) is 4.15. The number of carbonyl (C=O) groups is 2. The van der Waals surface area contributed by atoms with Gasteiger partial charge >= 0.3 is 6.03 Å². The van der Waals surface area contributed by atoms with Crippen molar-refractivity contribution in [2.75, 3.05) is 13.7 Å². The van der Waals surface area contributed by atoms with Crippen LogP contribution in [0, 0.1) is 5.92 Å². The maximum absolute atomic E-state index is 13.1. The summed E-state index contributed by atoms with van der Waals surface area (Å²) in [6, 6.07) is 14.4. The summed E-state index contributed by atoms with van der Waals surface area (Å²) in [5.41, 5.74) is 1.68. The third kappa shape index (κ3) is 4.58. The van der Waals surface area contributed by atoms with Crippen LogP contribution in [0.1, 0.15) is 43.6 Å². The number of ether oxygens (including phenoxy) is 2. The molecule has 2 aromatic carbocycles. The minimum atomic E-state index is -0.353. The fourth-order valence-electron chi connectivity index (χ4n) is 4.90. The molecule has 1 N–H and O–H groups in total. The first-order valence-corrected chi connectivity index (χ1v) is 11.9. The van der Waals surface area contributed by atoms with Crippen LogP contribution in [-0.2, 0) is 11.3 Å². The van der Waals surface area contributed by atoms with Gasteiger partial charge in [-0.25, -0.2) is 4.79 Å². The first kappa shape index (κ1) is 22.9. The van der Waals surface area contributed by atoms with E-state index in [4.69, 9.17) is 14.0 Å². The van der Waals surface area contributed by atoms with Crippen LogP contribution in [0.4, 0.5) is 4.79 Å². The normalized spacial score (nSPS) is 21.9. The average Bonchev–Trinajstić information content (AvgIpc) is 3.38. The lowest BCUT2D eigenvalue weighted by Crippen LogP contribution is -2.60. The van der Waals surface area contributed by atoms with Gasteiger partial charge in [0, 0.05) is 17.5 Å². The Morgan fingerprint density at radius 3 is 2.71 bits per heavy atom. The lowest BCUT2D eigenvalue weighted by molar-refractivity contribution is -0.137. The number of fused-ring (bicyclic) bond motifs is 1. The quantitative estimate of drug-likeness (QED) is 0.546. The Bertz CT molecular complexity index is 1210. The molecule has 0 radical (unpaired) electrons. The van der Waals surface area contributed by atoms with Gasteiger partial charge in [-0.15, -0.1) is 0 Å². The van der Waals surface area contributed by atoms with Crippen molar-refractivity contribution in [1.82, 2.24) is 20.4 Å². The van der Waals surface area contributed by atoms with Gasteiger partial charge in [-0.3, -0.25) is 9.69 Å². The molecular formula is C26H28N4O5. The summed E-state index contributed by atoms with van der Waals surface area (Å²) in [7, 11) is 1.59. The fraction of sp³-hybridized carbons (Fsp3) is 0.385. The van der Waals surface area contributed by atoms with Crippen molar-refractivity contribution in [3.8, 4) is 22.9 Å². The van der Waals surface area contributed by atoms with E-state index in [0.717, 1.165) is 17.5 Å². The van der Waals surface area contributed by atoms with Crippen LogP contribution in [0.25, 0.3) is 11.4 Å². The molecule has 1 saturated carbocycles. The van der Waals surface area contributed by atoms with Gasteiger partial charge in [0.05, 0.1) is 26.2 Å². The third-order valence-electron chi connectivity index (χ3n) is 6.68. The third-order valence-corrected chi connectivity index (χ3v) is 6.68. The number of amides is 3. The Morgan fingerprint density at radius 1 is 1.11 bits per heavy atom. The number of nitrogens with one attached hydrogen (secondary N) is 1. The number of methoxy groups -OCH3 is 1. The first-order chi connectivity index (χ1) is 17.1. The van der Waals surface area contributed by atoms with Gasteiger partial charge in [-0.2, -0.15) is 4.98 Å². The van der Waals surface area contributed by atoms with E-state index in [9.17, 15) is 9.59 Å². The Morgan fingerprint density at radius 2 is 1.94 bits per heavy atom. The van der Waals surface area contributed by atoms with E-state index < -0.39 is 0 Å². The highest BCUT2D eigenvalue weighted by Gasteiger charge is 2.45. The van der Waals surface area contributed by atoms with Crippen molar-refractivity contribution in [1.29, 1.82) is 0 Å². The molecule has 2 heterocycles. The molecular weight excluding hydrogens is 448 g/mol. The fourth-order valence-corrected chi connectivity index (χ4v) is 4.90. The van der Waals surface area contributed by atoms with E-state index in [1.165, 1.54) is 4.90 Å². The second-order valence-electron chi connectivity index (χ2n) is 8.84. The second-order valence-corrected chi connectivity index (χ2v) is 8.84. The number of imide groups is 1. The van der Waals surface area contributed by atoms with Crippen molar-refractivity contribution >= 4 is 11.9 Å². The maximum Gasteiger partial charge on any atom is 0.324 e. The summed E-state index contributed by atoms with van der Waals surface area (Å²) in [6.07, 6.45) is 1.96. The van der Waals surface area contributed by atoms with E-state index in [0.29, 0.717) is 42.7 Å². The predicted molar refractivity (Wildman–Crippen MR) is 127 cm³/mol. The number of benzene rings is 2. The minimum absolute atomic E-state index is 0.0316. The monoisotopic (exact) mass is 476 g/mol. The molecule has 2 aliphatic rings. The van der Waals surface area contributed by atoms with E-state index in [1.807, 2.05) is 55.5 Å². The largest absolute Gasteiger partial charge is 0.493 e. The Labute approximate surface area is 203 Å². The highest BCUT2D eigenvalue weighted by molar-refractivity contribution is 5.98. The van der Waals surface area contributed by atoms with E-state index in [2.05, 4.69) is 15.5 Å². The van der Waals surface area contributed by atoms with Crippen LogP contribution in [0.15, 0.2) is 53.1 Å². The zero-order chi connectivity index (χ0) is 24.4. The number of urea groups is 1. The number of aromatic nitrogens is 2. The molecule has 0 bridgehead atoms. The van der Waals surface area contributed by atoms with Gasteiger partial charge in [0.25, 0.3) is 0 Å².